The molecule has 0 unspecified atom stereocenters. The molecule has 0 saturated carbocycles. The lowest BCUT2D eigenvalue weighted by molar-refractivity contribution is 0.0620. The van der Waals surface area contributed by atoms with Gasteiger partial charge >= 0.3 is 0 Å². The van der Waals surface area contributed by atoms with Gasteiger partial charge in [-0.05, 0) is 30.9 Å². The Morgan fingerprint density at radius 1 is 1.53 bits per heavy atom. The number of hydrogen-bond acceptors (Lipinski definition) is 3. The Balaban J connectivity index is 1.93. The number of nitrogens with zero attached hydrogens (tertiary/aromatic N) is 1. The van der Waals surface area contributed by atoms with Crippen molar-refractivity contribution in [1.29, 1.82) is 0 Å². The van der Waals surface area contributed by atoms with Gasteiger partial charge in [-0.2, -0.15) is 0 Å². The summed E-state index contributed by atoms with van der Waals surface area (Å²) in [4.78, 5) is 13.6. The molecule has 4 heteroatoms. The normalized spacial score (nSPS) is 18.1. The van der Waals surface area contributed by atoms with E-state index < -0.39 is 0 Å². The summed E-state index contributed by atoms with van der Waals surface area (Å²) in [6.07, 6.45) is 3.26. The molecule has 0 spiro atoms. The van der Waals surface area contributed by atoms with Crippen LogP contribution >= 0.6 is 0 Å². The van der Waals surface area contributed by atoms with Gasteiger partial charge in [-0.15, -0.1) is 0 Å². The average Bonchev–Trinajstić information content (AvgIpc) is 2.82. The number of amides is 1. The van der Waals surface area contributed by atoms with Crippen LogP contribution in [0, 0.1) is 5.92 Å². The molecule has 1 aromatic rings. The lowest BCUT2D eigenvalue weighted by Crippen LogP contribution is -2.39. The monoisotopic (exact) mass is 209 g/mol. The van der Waals surface area contributed by atoms with Crippen molar-refractivity contribution in [2.45, 2.75) is 12.8 Å². The second kappa shape index (κ2) is 4.49. The molecule has 1 aromatic heterocycles. The van der Waals surface area contributed by atoms with E-state index in [1.165, 1.54) is 6.26 Å². The Labute approximate surface area is 88.5 Å². The zero-order valence-corrected chi connectivity index (χ0v) is 8.56. The molecule has 1 N–H and O–H groups in total. The first kappa shape index (κ1) is 10.2. The SMILES string of the molecule is O=C(c1ccco1)N1CCC(CO)CC1. The maximum atomic E-state index is 11.8. The molecule has 0 bridgehead atoms. The van der Waals surface area contributed by atoms with Crippen molar-refractivity contribution in [3.8, 4) is 0 Å². The Morgan fingerprint density at radius 3 is 2.80 bits per heavy atom. The van der Waals surface area contributed by atoms with E-state index in [1.54, 1.807) is 17.0 Å². The Kier molecular flexibility index (Phi) is 3.06. The zero-order chi connectivity index (χ0) is 10.7. The highest BCUT2D eigenvalue weighted by molar-refractivity contribution is 5.91. The summed E-state index contributed by atoms with van der Waals surface area (Å²) < 4.78 is 5.06. The van der Waals surface area contributed by atoms with Crippen molar-refractivity contribution in [3.05, 3.63) is 24.2 Å². The fraction of sp³-hybridized carbons (Fsp3) is 0.545. The highest BCUT2D eigenvalue weighted by Crippen LogP contribution is 2.18. The lowest BCUT2D eigenvalue weighted by atomic mass is 9.98. The summed E-state index contributed by atoms with van der Waals surface area (Å²) in [5.74, 6) is 0.708. The number of piperidine rings is 1. The van der Waals surface area contributed by atoms with Crippen LogP contribution in [0.3, 0.4) is 0 Å². The molecule has 82 valence electrons. The molecule has 1 amide bonds. The third-order valence-electron chi connectivity index (χ3n) is 2.89. The summed E-state index contributed by atoms with van der Waals surface area (Å²) in [5.41, 5.74) is 0. The molecule has 0 atom stereocenters. The van der Waals surface area contributed by atoms with Gasteiger partial charge in [0.25, 0.3) is 5.91 Å². The highest BCUT2D eigenvalue weighted by Gasteiger charge is 2.24. The van der Waals surface area contributed by atoms with Crippen molar-refractivity contribution in [2.75, 3.05) is 19.7 Å². The molecular weight excluding hydrogens is 194 g/mol. The van der Waals surface area contributed by atoms with E-state index in [-0.39, 0.29) is 12.5 Å². The molecule has 0 radical (unpaired) electrons. The number of carbonyl (C=O) groups excluding carboxylic acids is 1. The molecular formula is C11H15NO3. The summed E-state index contributed by atoms with van der Waals surface area (Å²) in [6, 6.07) is 3.40. The van der Waals surface area contributed by atoms with Gasteiger partial charge in [0, 0.05) is 19.7 Å². The number of furan rings is 1. The molecule has 4 nitrogen and oxygen atoms in total. The van der Waals surface area contributed by atoms with Crippen molar-refractivity contribution < 1.29 is 14.3 Å². The molecule has 1 saturated heterocycles. The predicted molar refractivity (Wildman–Crippen MR) is 54.4 cm³/mol. The van der Waals surface area contributed by atoms with Crippen molar-refractivity contribution in [1.82, 2.24) is 4.90 Å². The summed E-state index contributed by atoms with van der Waals surface area (Å²) in [7, 11) is 0. The first-order chi connectivity index (χ1) is 7.31. The first-order valence-electron chi connectivity index (χ1n) is 5.25. The van der Waals surface area contributed by atoms with Crippen LogP contribution in [0.1, 0.15) is 23.4 Å². The number of hydrogen-bond donors (Lipinski definition) is 1. The van der Waals surface area contributed by atoms with Gasteiger partial charge in [0.2, 0.25) is 0 Å². The summed E-state index contributed by atoms with van der Waals surface area (Å²) in [6.45, 7) is 1.65. The second-order valence-electron chi connectivity index (χ2n) is 3.90. The van der Waals surface area contributed by atoms with Crippen molar-refractivity contribution in [2.24, 2.45) is 5.92 Å². The van der Waals surface area contributed by atoms with E-state index in [2.05, 4.69) is 0 Å². The molecule has 2 heterocycles. The maximum Gasteiger partial charge on any atom is 0.289 e. The van der Waals surface area contributed by atoms with Gasteiger partial charge in [-0.25, -0.2) is 0 Å². The van der Waals surface area contributed by atoms with Crippen LogP contribution in [0.15, 0.2) is 22.8 Å². The largest absolute Gasteiger partial charge is 0.459 e. The Hall–Kier alpha value is -1.29. The molecule has 15 heavy (non-hydrogen) atoms. The van der Waals surface area contributed by atoms with Gasteiger partial charge in [0.15, 0.2) is 5.76 Å². The maximum absolute atomic E-state index is 11.8. The van der Waals surface area contributed by atoms with E-state index in [1.807, 2.05) is 0 Å². The minimum atomic E-state index is -0.0450. The second-order valence-corrected chi connectivity index (χ2v) is 3.90. The van der Waals surface area contributed by atoms with E-state index in [9.17, 15) is 4.79 Å². The van der Waals surface area contributed by atoms with E-state index in [0.717, 1.165) is 12.8 Å². The minimum Gasteiger partial charge on any atom is -0.459 e. The molecule has 2 rings (SSSR count). The van der Waals surface area contributed by atoms with Gasteiger partial charge in [0.1, 0.15) is 0 Å². The van der Waals surface area contributed by atoms with E-state index >= 15 is 0 Å². The topological polar surface area (TPSA) is 53.7 Å². The van der Waals surface area contributed by atoms with Gasteiger partial charge in [-0.3, -0.25) is 4.79 Å². The van der Waals surface area contributed by atoms with Crippen LogP contribution in [0.25, 0.3) is 0 Å². The fourth-order valence-corrected chi connectivity index (χ4v) is 1.87. The first-order valence-corrected chi connectivity index (χ1v) is 5.25. The number of aliphatic hydroxyl groups excluding tert-OH is 1. The molecule has 1 aliphatic rings. The minimum absolute atomic E-state index is 0.0450. The van der Waals surface area contributed by atoms with Gasteiger partial charge < -0.3 is 14.4 Å². The van der Waals surface area contributed by atoms with Crippen LogP contribution in [-0.2, 0) is 0 Å². The third-order valence-corrected chi connectivity index (χ3v) is 2.89. The number of carbonyl (C=O) groups is 1. The number of rotatable bonds is 2. The zero-order valence-electron chi connectivity index (χ0n) is 8.56. The quantitative estimate of drug-likeness (QED) is 0.794. The van der Waals surface area contributed by atoms with Crippen LogP contribution in [0.2, 0.25) is 0 Å². The van der Waals surface area contributed by atoms with Crippen LogP contribution in [0.4, 0.5) is 0 Å². The van der Waals surface area contributed by atoms with Gasteiger partial charge in [0.05, 0.1) is 6.26 Å². The van der Waals surface area contributed by atoms with Crippen molar-refractivity contribution >= 4 is 5.91 Å². The van der Waals surface area contributed by atoms with Crippen molar-refractivity contribution in [3.63, 3.8) is 0 Å². The van der Waals surface area contributed by atoms with Crippen LogP contribution in [-0.4, -0.2) is 35.6 Å². The summed E-state index contributed by atoms with van der Waals surface area (Å²) in [5, 5.41) is 8.98. The Morgan fingerprint density at radius 2 is 2.27 bits per heavy atom. The van der Waals surface area contributed by atoms with Gasteiger partial charge in [-0.1, -0.05) is 0 Å². The predicted octanol–water partition coefficient (Wildman–Crippen LogP) is 1.12. The molecule has 1 fully saturated rings. The Bertz CT molecular complexity index is 313. The molecule has 1 aliphatic heterocycles. The van der Waals surface area contributed by atoms with Crippen LogP contribution < -0.4 is 0 Å². The smallest absolute Gasteiger partial charge is 0.289 e. The summed E-state index contributed by atoms with van der Waals surface area (Å²) >= 11 is 0. The number of likely N-dealkylation sites (tertiary alicyclic amines) is 1. The average molecular weight is 209 g/mol. The molecule has 0 aromatic carbocycles. The standard InChI is InChI=1S/C11H15NO3/c13-8-9-3-5-12(6-4-9)11(14)10-2-1-7-15-10/h1-2,7,9,13H,3-6,8H2. The van der Waals surface area contributed by atoms with E-state index in [4.69, 9.17) is 9.52 Å². The lowest BCUT2D eigenvalue weighted by Gasteiger charge is -2.30. The van der Waals surface area contributed by atoms with Crippen LogP contribution in [0.5, 0.6) is 0 Å². The fourth-order valence-electron chi connectivity index (χ4n) is 1.87. The third kappa shape index (κ3) is 2.21. The highest BCUT2D eigenvalue weighted by atomic mass is 16.3. The van der Waals surface area contributed by atoms with E-state index in [0.29, 0.717) is 24.8 Å². The molecule has 0 aliphatic carbocycles. The number of aliphatic hydroxyl groups is 1.